The van der Waals surface area contributed by atoms with Gasteiger partial charge in [0, 0.05) is 31.8 Å². The van der Waals surface area contributed by atoms with Crippen molar-refractivity contribution in [2.24, 2.45) is 0 Å². The van der Waals surface area contributed by atoms with E-state index in [4.69, 9.17) is 0 Å². The molecule has 0 fully saturated rings. The van der Waals surface area contributed by atoms with E-state index in [1.165, 1.54) is 24.2 Å². The standard InChI is InChI=1S/C21H19F4N3O2/c1-10(14-9-26-19(29)13-7-16(23)15(22)6-12(13)14)28(2)20(30)18-5-11-8-21(24,25)4-3-17(11)27-18/h5-7,9-10,27H,3-4,8H2,1-2H3,(H,26,29). The molecule has 1 atom stereocenters. The molecule has 1 aliphatic rings. The Bertz CT molecular complexity index is 1210. The number of aromatic amines is 2. The van der Waals surface area contributed by atoms with Gasteiger partial charge in [-0.3, -0.25) is 9.59 Å². The number of hydrogen-bond acceptors (Lipinski definition) is 2. The van der Waals surface area contributed by atoms with Gasteiger partial charge in [0.2, 0.25) is 0 Å². The summed E-state index contributed by atoms with van der Waals surface area (Å²) >= 11 is 0. The number of nitrogens with zero attached hydrogens (tertiary/aromatic N) is 1. The predicted octanol–water partition coefficient (Wildman–Crippen LogP) is 4.09. The molecule has 158 valence electrons. The Morgan fingerprint density at radius 1 is 1.17 bits per heavy atom. The third kappa shape index (κ3) is 3.38. The number of hydrogen-bond donors (Lipinski definition) is 2. The topological polar surface area (TPSA) is 69.0 Å². The summed E-state index contributed by atoms with van der Waals surface area (Å²) in [5.74, 6) is -5.48. The number of carbonyl (C=O) groups excluding carboxylic acids is 1. The SMILES string of the molecule is CC(c1c[nH]c(=O)c2cc(F)c(F)cc12)N(C)C(=O)c1cc2c([nH]1)CCC(F)(F)C2. The molecule has 2 heterocycles. The number of halogens is 4. The van der Waals surface area contributed by atoms with Crippen LogP contribution in [-0.4, -0.2) is 33.7 Å². The number of amides is 1. The van der Waals surface area contributed by atoms with Gasteiger partial charge in [0.15, 0.2) is 11.6 Å². The fourth-order valence-corrected chi connectivity index (χ4v) is 3.90. The van der Waals surface area contributed by atoms with Crippen LogP contribution in [0.3, 0.4) is 0 Å². The molecule has 0 saturated carbocycles. The number of aryl methyl sites for hydroxylation is 1. The number of pyridine rings is 1. The summed E-state index contributed by atoms with van der Waals surface area (Å²) in [6, 6.07) is 2.57. The maximum atomic E-state index is 13.8. The van der Waals surface area contributed by atoms with Crippen LogP contribution in [0.4, 0.5) is 17.6 Å². The van der Waals surface area contributed by atoms with Gasteiger partial charge in [0.1, 0.15) is 5.69 Å². The van der Waals surface area contributed by atoms with Crippen LogP contribution in [0.5, 0.6) is 0 Å². The summed E-state index contributed by atoms with van der Waals surface area (Å²) in [6.45, 7) is 1.67. The van der Waals surface area contributed by atoms with Crippen molar-refractivity contribution in [1.29, 1.82) is 0 Å². The smallest absolute Gasteiger partial charge is 0.270 e. The maximum absolute atomic E-state index is 13.8. The Kier molecular flexibility index (Phi) is 4.71. The van der Waals surface area contributed by atoms with Gasteiger partial charge in [0.05, 0.1) is 11.4 Å². The van der Waals surface area contributed by atoms with Crippen LogP contribution in [0, 0.1) is 11.6 Å². The highest BCUT2D eigenvalue weighted by Gasteiger charge is 2.36. The fourth-order valence-electron chi connectivity index (χ4n) is 3.90. The Morgan fingerprint density at radius 2 is 1.83 bits per heavy atom. The van der Waals surface area contributed by atoms with Crippen molar-refractivity contribution in [3.05, 3.63) is 68.9 Å². The number of aromatic nitrogens is 2. The van der Waals surface area contributed by atoms with Crippen molar-refractivity contribution in [1.82, 2.24) is 14.9 Å². The Hall–Kier alpha value is -3.10. The lowest BCUT2D eigenvalue weighted by Gasteiger charge is -2.26. The zero-order valence-electron chi connectivity index (χ0n) is 16.3. The highest BCUT2D eigenvalue weighted by atomic mass is 19.3. The molecule has 0 spiro atoms. The molecule has 4 rings (SSSR count). The fraction of sp³-hybridized carbons (Fsp3) is 0.333. The third-order valence-corrected chi connectivity index (χ3v) is 5.74. The van der Waals surface area contributed by atoms with Gasteiger partial charge in [-0.2, -0.15) is 0 Å². The predicted molar refractivity (Wildman–Crippen MR) is 103 cm³/mol. The first-order chi connectivity index (χ1) is 14.1. The van der Waals surface area contributed by atoms with Gasteiger partial charge in [0.25, 0.3) is 17.4 Å². The molecule has 0 aliphatic heterocycles. The van der Waals surface area contributed by atoms with Crippen LogP contribution < -0.4 is 5.56 Å². The van der Waals surface area contributed by atoms with E-state index in [-0.39, 0.29) is 29.3 Å². The van der Waals surface area contributed by atoms with Crippen molar-refractivity contribution in [3.63, 3.8) is 0 Å². The van der Waals surface area contributed by atoms with E-state index in [1.807, 2.05) is 0 Å². The number of alkyl halides is 2. The van der Waals surface area contributed by atoms with E-state index in [2.05, 4.69) is 9.97 Å². The number of fused-ring (bicyclic) bond motifs is 2. The van der Waals surface area contributed by atoms with Crippen LogP contribution in [0.2, 0.25) is 0 Å². The van der Waals surface area contributed by atoms with Crippen molar-refractivity contribution in [2.45, 2.75) is 38.2 Å². The molecule has 1 unspecified atom stereocenters. The molecule has 1 aromatic carbocycles. The minimum atomic E-state index is -2.79. The van der Waals surface area contributed by atoms with Gasteiger partial charge in [-0.15, -0.1) is 0 Å². The zero-order valence-corrected chi connectivity index (χ0v) is 16.3. The lowest BCUT2D eigenvalue weighted by atomic mass is 9.94. The number of carbonyl (C=O) groups is 1. The molecule has 2 aromatic heterocycles. The molecule has 3 aromatic rings. The normalized spacial score (nSPS) is 16.3. The largest absolute Gasteiger partial charge is 0.354 e. The Labute approximate surface area is 168 Å². The van der Waals surface area contributed by atoms with Crippen molar-refractivity contribution in [3.8, 4) is 0 Å². The van der Waals surface area contributed by atoms with Crippen LogP contribution in [0.1, 0.15) is 46.7 Å². The molecule has 0 bridgehead atoms. The summed E-state index contributed by atoms with van der Waals surface area (Å²) in [7, 11) is 1.51. The lowest BCUT2D eigenvalue weighted by molar-refractivity contribution is -0.0124. The van der Waals surface area contributed by atoms with E-state index < -0.39 is 41.5 Å². The van der Waals surface area contributed by atoms with E-state index in [0.29, 0.717) is 16.8 Å². The number of rotatable bonds is 3. The van der Waals surface area contributed by atoms with Gasteiger partial charge in [-0.05, 0) is 48.1 Å². The summed E-state index contributed by atoms with van der Waals surface area (Å²) in [5, 5.41) is 0.159. The van der Waals surface area contributed by atoms with E-state index in [0.717, 1.165) is 12.1 Å². The van der Waals surface area contributed by atoms with Crippen molar-refractivity contribution < 1.29 is 22.4 Å². The van der Waals surface area contributed by atoms with Crippen LogP contribution in [0.25, 0.3) is 10.8 Å². The zero-order chi connectivity index (χ0) is 21.8. The van der Waals surface area contributed by atoms with E-state index in [1.54, 1.807) is 6.92 Å². The van der Waals surface area contributed by atoms with Gasteiger partial charge in [-0.25, -0.2) is 17.6 Å². The molecule has 0 saturated heterocycles. The van der Waals surface area contributed by atoms with Crippen LogP contribution in [-0.2, 0) is 12.8 Å². The third-order valence-electron chi connectivity index (χ3n) is 5.74. The monoisotopic (exact) mass is 421 g/mol. The van der Waals surface area contributed by atoms with Gasteiger partial charge >= 0.3 is 0 Å². The minimum Gasteiger partial charge on any atom is -0.354 e. The lowest BCUT2D eigenvalue weighted by Crippen LogP contribution is -2.30. The molecule has 5 nitrogen and oxygen atoms in total. The second-order valence-electron chi connectivity index (χ2n) is 7.70. The summed E-state index contributed by atoms with van der Waals surface area (Å²) in [5.41, 5.74) is 1.06. The molecular formula is C21H19F4N3O2. The van der Waals surface area contributed by atoms with Crippen molar-refractivity contribution >= 4 is 16.7 Å². The Morgan fingerprint density at radius 3 is 2.53 bits per heavy atom. The first kappa shape index (κ1) is 20.2. The highest BCUT2D eigenvalue weighted by Crippen LogP contribution is 2.34. The minimum absolute atomic E-state index is 0.0309. The average Bonchev–Trinajstić information content (AvgIpc) is 3.10. The summed E-state index contributed by atoms with van der Waals surface area (Å²) < 4.78 is 54.7. The van der Waals surface area contributed by atoms with Gasteiger partial charge < -0.3 is 14.9 Å². The Balaban J connectivity index is 1.68. The second-order valence-corrected chi connectivity index (χ2v) is 7.70. The maximum Gasteiger partial charge on any atom is 0.270 e. The quantitative estimate of drug-likeness (QED) is 0.626. The van der Waals surface area contributed by atoms with E-state index >= 15 is 0 Å². The van der Waals surface area contributed by atoms with E-state index in [9.17, 15) is 27.2 Å². The van der Waals surface area contributed by atoms with Crippen LogP contribution in [0.15, 0.2) is 29.2 Å². The number of H-pyrrole nitrogens is 2. The highest BCUT2D eigenvalue weighted by molar-refractivity contribution is 5.94. The molecule has 9 heteroatoms. The molecule has 30 heavy (non-hydrogen) atoms. The van der Waals surface area contributed by atoms with Crippen molar-refractivity contribution in [2.75, 3.05) is 7.05 Å². The molecule has 1 aliphatic carbocycles. The average molecular weight is 421 g/mol. The molecular weight excluding hydrogens is 402 g/mol. The second kappa shape index (κ2) is 7.00. The number of nitrogens with one attached hydrogen (secondary N) is 2. The first-order valence-corrected chi connectivity index (χ1v) is 9.43. The van der Waals surface area contributed by atoms with Crippen LogP contribution >= 0.6 is 0 Å². The summed E-state index contributed by atoms with van der Waals surface area (Å²) in [6.07, 6.45) is 0.827. The molecule has 2 N–H and O–H groups in total. The first-order valence-electron chi connectivity index (χ1n) is 9.43. The van der Waals surface area contributed by atoms with Gasteiger partial charge in [-0.1, -0.05) is 0 Å². The number of benzene rings is 1. The molecule has 0 radical (unpaired) electrons. The molecule has 1 amide bonds. The summed E-state index contributed by atoms with van der Waals surface area (Å²) in [4.78, 5) is 31.7.